The van der Waals surface area contributed by atoms with E-state index in [1.165, 1.54) is 12.5 Å². The van der Waals surface area contributed by atoms with Gasteiger partial charge in [-0.3, -0.25) is 9.59 Å². The van der Waals surface area contributed by atoms with E-state index in [0.717, 1.165) is 15.9 Å². The number of fused-ring (bicyclic) bond motifs is 3. The SMILES string of the molecule is Cc1ccc2occ(-c3c(C#N)c4n(c(=O)c3C#N)N=Cc3c(C)nn(-c5ccccc5)c3N4)c(=O)c2c1. The Bertz CT molecular complexity index is 2030. The Kier molecular flexibility index (Phi) is 5.04. The molecule has 0 bridgehead atoms. The third-order valence-electron chi connectivity index (χ3n) is 6.42. The molecule has 1 N–H and O–H groups in total. The fraction of sp³-hybridized carbons (Fsp3) is 0.0714. The molecule has 182 valence electrons. The minimum atomic E-state index is -0.786. The molecule has 0 radical (unpaired) electrons. The van der Waals surface area contributed by atoms with Crippen LogP contribution in [0.15, 0.2) is 73.9 Å². The molecule has 6 rings (SSSR count). The molecule has 10 heteroatoms. The number of rotatable bonds is 2. The third-order valence-corrected chi connectivity index (χ3v) is 6.42. The van der Waals surface area contributed by atoms with Gasteiger partial charge in [-0.25, -0.2) is 4.68 Å². The van der Waals surface area contributed by atoms with Gasteiger partial charge in [-0.15, -0.1) is 0 Å². The van der Waals surface area contributed by atoms with Gasteiger partial charge in [0.25, 0.3) is 5.56 Å². The first-order chi connectivity index (χ1) is 18.4. The molecule has 3 aromatic heterocycles. The Hall–Kier alpha value is -5.74. The molecule has 10 nitrogen and oxygen atoms in total. The highest BCUT2D eigenvalue weighted by molar-refractivity contribution is 5.93. The molecule has 5 aromatic rings. The van der Waals surface area contributed by atoms with Gasteiger partial charge in [0.05, 0.1) is 34.1 Å². The third kappa shape index (κ3) is 3.25. The summed E-state index contributed by atoms with van der Waals surface area (Å²) in [6.45, 7) is 3.63. The highest BCUT2D eigenvalue weighted by Gasteiger charge is 2.29. The van der Waals surface area contributed by atoms with Crippen LogP contribution in [0.5, 0.6) is 0 Å². The molecule has 1 aliphatic heterocycles. The van der Waals surface area contributed by atoms with Crippen molar-refractivity contribution in [2.24, 2.45) is 5.10 Å². The van der Waals surface area contributed by atoms with Crippen LogP contribution in [0.3, 0.4) is 0 Å². The second kappa shape index (κ2) is 8.43. The van der Waals surface area contributed by atoms with Crippen LogP contribution >= 0.6 is 0 Å². The molecule has 4 heterocycles. The van der Waals surface area contributed by atoms with Gasteiger partial charge in [-0.2, -0.15) is 25.4 Å². The van der Waals surface area contributed by atoms with Crippen LogP contribution in [-0.4, -0.2) is 20.7 Å². The van der Waals surface area contributed by atoms with Crippen molar-refractivity contribution in [2.75, 3.05) is 5.32 Å². The molecule has 1 aliphatic rings. The first-order valence-electron chi connectivity index (χ1n) is 11.5. The molecular weight excluding hydrogens is 482 g/mol. The lowest BCUT2D eigenvalue weighted by molar-refractivity contribution is 0.604. The number of pyridine rings is 1. The first kappa shape index (κ1) is 22.7. The Balaban J connectivity index is 1.67. The second-order valence-corrected chi connectivity index (χ2v) is 8.76. The Labute approximate surface area is 214 Å². The number of para-hydroxylation sites is 1. The van der Waals surface area contributed by atoms with E-state index >= 15 is 0 Å². The molecule has 2 aromatic carbocycles. The molecule has 0 spiro atoms. The van der Waals surface area contributed by atoms with Gasteiger partial charge < -0.3 is 9.73 Å². The van der Waals surface area contributed by atoms with Crippen molar-refractivity contribution in [3.63, 3.8) is 0 Å². The van der Waals surface area contributed by atoms with Crippen LogP contribution in [0.4, 0.5) is 11.6 Å². The zero-order valence-electron chi connectivity index (χ0n) is 20.2. The molecule has 0 amide bonds. The molecule has 0 saturated heterocycles. The van der Waals surface area contributed by atoms with Crippen LogP contribution in [0, 0.1) is 36.5 Å². The topological polar surface area (TPSA) is 142 Å². The molecular formula is C28H17N7O3. The number of anilines is 2. The summed E-state index contributed by atoms with van der Waals surface area (Å²) in [5, 5.41) is 32.6. The Morgan fingerprint density at radius 2 is 1.74 bits per heavy atom. The van der Waals surface area contributed by atoms with E-state index in [9.17, 15) is 20.1 Å². The maximum atomic E-state index is 13.6. The van der Waals surface area contributed by atoms with Gasteiger partial charge in [0.2, 0.25) is 5.43 Å². The normalized spacial score (nSPS) is 11.7. The molecule has 0 unspecified atom stereocenters. The predicted molar refractivity (Wildman–Crippen MR) is 141 cm³/mol. The number of benzene rings is 2. The van der Waals surface area contributed by atoms with Crippen LogP contribution < -0.4 is 16.3 Å². The smallest absolute Gasteiger partial charge is 0.291 e. The molecule has 0 saturated carbocycles. The number of aryl methyl sites for hydroxylation is 2. The summed E-state index contributed by atoms with van der Waals surface area (Å²) >= 11 is 0. The maximum Gasteiger partial charge on any atom is 0.291 e. The van der Waals surface area contributed by atoms with Gasteiger partial charge >= 0.3 is 0 Å². The van der Waals surface area contributed by atoms with Gasteiger partial charge in [0.15, 0.2) is 5.82 Å². The van der Waals surface area contributed by atoms with E-state index in [4.69, 9.17) is 4.42 Å². The second-order valence-electron chi connectivity index (χ2n) is 8.76. The number of nitrogens with one attached hydrogen (secondary N) is 1. The zero-order chi connectivity index (χ0) is 26.6. The average molecular weight is 499 g/mol. The zero-order valence-corrected chi connectivity index (χ0v) is 20.2. The summed E-state index contributed by atoms with van der Waals surface area (Å²) in [5.41, 5.74) is 1.22. The number of aromatic nitrogens is 3. The summed E-state index contributed by atoms with van der Waals surface area (Å²) in [6, 6.07) is 18.4. The van der Waals surface area contributed by atoms with E-state index < -0.39 is 16.6 Å². The quantitative estimate of drug-likeness (QED) is 0.378. The summed E-state index contributed by atoms with van der Waals surface area (Å²) in [5.74, 6) is 0.471. The van der Waals surface area contributed by atoms with Crippen molar-refractivity contribution in [3.8, 4) is 29.0 Å². The highest BCUT2D eigenvalue weighted by Crippen LogP contribution is 2.34. The largest absolute Gasteiger partial charge is 0.463 e. The lowest BCUT2D eigenvalue weighted by Gasteiger charge is -2.16. The van der Waals surface area contributed by atoms with Gasteiger partial charge in [0, 0.05) is 5.56 Å². The summed E-state index contributed by atoms with van der Waals surface area (Å²) in [7, 11) is 0. The fourth-order valence-electron chi connectivity index (χ4n) is 4.59. The summed E-state index contributed by atoms with van der Waals surface area (Å²) in [4.78, 5) is 27.1. The molecule has 38 heavy (non-hydrogen) atoms. The van der Waals surface area contributed by atoms with E-state index in [-0.39, 0.29) is 27.9 Å². The maximum absolute atomic E-state index is 13.6. The molecule has 0 atom stereocenters. The van der Waals surface area contributed by atoms with Gasteiger partial charge in [0.1, 0.15) is 40.9 Å². The summed E-state index contributed by atoms with van der Waals surface area (Å²) < 4.78 is 8.29. The predicted octanol–water partition coefficient (Wildman–Crippen LogP) is 4.11. The summed E-state index contributed by atoms with van der Waals surface area (Å²) in [6.07, 6.45) is 2.63. The van der Waals surface area contributed by atoms with Gasteiger partial charge in [-0.1, -0.05) is 29.8 Å². The highest BCUT2D eigenvalue weighted by atomic mass is 16.3. The lowest BCUT2D eigenvalue weighted by Crippen LogP contribution is -2.25. The van der Waals surface area contributed by atoms with E-state index in [1.54, 1.807) is 29.8 Å². The fourth-order valence-corrected chi connectivity index (χ4v) is 4.59. The van der Waals surface area contributed by atoms with E-state index in [1.807, 2.05) is 43.3 Å². The van der Waals surface area contributed by atoms with Crippen LogP contribution in [0.2, 0.25) is 0 Å². The van der Waals surface area contributed by atoms with Crippen molar-refractivity contribution in [3.05, 3.63) is 103 Å². The standard InChI is InChI=1S/C28H17N7O3/c1-15-8-9-23-18(10-15)25(36)22(14-38-23)24-19(11-29)26-32-27-21(13-31-35(26)28(37)20(24)12-30)16(2)33-34(27)17-6-4-3-5-7-17/h3-10,13-14,32H,1-2H3. The number of hydrogen-bond acceptors (Lipinski definition) is 8. The Morgan fingerprint density at radius 3 is 2.47 bits per heavy atom. The van der Waals surface area contributed by atoms with Gasteiger partial charge in [-0.05, 0) is 38.1 Å². The van der Waals surface area contributed by atoms with Crippen molar-refractivity contribution in [1.29, 1.82) is 10.5 Å². The minimum absolute atomic E-state index is 0.00215. The number of hydrogen-bond donors (Lipinski definition) is 1. The van der Waals surface area contributed by atoms with Crippen molar-refractivity contribution in [1.82, 2.24) is 14.5 Å². The number of nitrogens with zero attached hydrogens (tertiary/aromatic N) is 6. The minimum Gasteiger partial charge on any atom is -0.463 e. The van der Waals surface area contributed by atoms with Crippen LogP contribution in [0.25, 0.3) is 27.8 Å². The first-order valence-corrected chi connectivity index (χ1v) is 11.5. The lowest BCUT2D eigenvalue weighted by atomic mass is 9.96. The molecule has 0 fully saturated rings. The van der Waals surface area contributed by atoms with Crippen LogP contribution in [-0.2, 0) is 0 Å². The van der Waals surface area contributed by atoms with Crippen molar-refractivity contribution < 1.29 is 4.42 Å². The van der Waals surface area contributed by atoms with E-state index in [0.29, 0.717) is 22.7 Å². The van der Waals surface area contributed by atoms with E-state index in [2.05, 4.69) is 21.6 Å². The van der Waals surface area contributed by atoms with Crippen molar-refractivity contribution >= 4 is 28.8 Å². The Morgan fingerprint density at radius 1 is 0.974 bits per heavy atom. The monoisotopic (exact) mass is 499 g/mol. The van der Waals surface area contributed by atoms with Crippen LogP contribution in [0.1, 0.15) is 27.9 Å². The van der Waals surface area contributed by atoms with Crippen molar-refractivity contribution in [2.45, 2.75) is 13.8 Å². The average Bonchev–Trinajstić information content (AvgIpc) is 3.10. The molecule has 0 aliphatic carbocycles. The number of nitriles is 2.